The molecule has 64 valence electrons. The molecule has 0 spiro atoms. The van der Waals surface area contributed by atoms with Crippen LogP contribution in [0.4, 0.5) is 0 Å². The van der Waals surface area contributed by atoms with Gasteiger partial charge in [0.05, 0.1) is 23.0 Å². The predicted octanol–water partition coefficient (Wildman–Crippen LogP) is 2.54. The summed E-state index contributed by atoms with van der Waals surface area (Å²) >= 11 is 12.2. The lowest BCUT2D eigenvalue weighted by Crippen LogP contribution is -2.19. The van der Waals surface area contributed by atoms with Gasteiger partial charge in [-0.05, 0) is 25.7 Å². The summed E-state index contributed by atoms with van der Waals surface area (Å²) in [5.74, 6) is 0. The third-order valence-corrected chi connectivity index (χ3v) is 3.61. The van der Waals surface area contributed by atoms with Crippen LogP contribution in [0.15, 0.2) is 0 Å². The van der Waals surface area contributed by atoms with Gasteiger partial charge in [-0.25, -0.2) is 0 Å². The maximum Gasteiger partial charge on any atom is 0.0744 e. The number of hydrogen-bond acceptors (Lipinski definition) is 1. The highest BCUT2D eigenvalue weighted by Crippen LogP contribution is 2.35. The summed E-state index contributed by atoms with van der Waals surface area (Å²) in [5, 5.41) is 0.396. The molecule has 0 aromatic rings. The molecule has 2 bridgehead atoms. The van der Waals surface area contributed by atoms with Gasteiger partial charge in [-0.15, -0.1) is 23.2 Å². The molecule has 0 aliphatic carbocycles. The summed E-state index contributed by atoms with van der Waals surface area (Å²) in [6.45, 7) is 0. The van der Waals surface area contributed by atoms with Crippen LogP contribution in [0.3, 0.4) is 0 Å². The molecule has 4 atom stereocenters. The third kappa shape index (κ3) is 1.51. The van der Waals surface area contributed by atoms with E-state index in [1.807, 2.05) is 0 Å². The van der Waals surface area contributed by atoms with Gasteiger partial charge in [-0.1, -0.05) is 0 Å². The van der Waals surface area contributed by atoms with E-state index < -0.39 is 0 Å². The summed E-state index contributed by atoms with van der Waals surface area (Å²) in [7, 11) is 0. The lowest BCUT2D eigenvalue weighted by Gasteiger charge is -2.12. The average molecular weight is 195 g/mol. The Hall–Kier alpha value is 0.540. The molecule has 2 aliphatic heterocycles. The number of hydrogen-bond donors (Lipinski definition) is 0. The van der Waals surface area contributed by atoms with Gasteiger partial charge >= 0.3 is 0 Å². The van der Waals surface area contributed by atoms with Crippen LogP contribution in [0.1, 0.15) is 25.7 Å². The number of alkyl halides is 2. The molecule has 2 rings (SSSR count). The smallest absolute Gasteiger partial charge is 0.0744 e. The zero-order valence-corrected chi connectivity index (χ0v) is 7.81. The number of fused-ring (bicyclic) bond motifs is 2. The second-order valence-electron chi connectivity index (χ2n) is 3.40. The van der Waals surface area contributed by atoms with Crippen LogP contribution in [0.2, 0.25) is 0 Å². The summed E-state index contributed by atoms with van der Waals surface area (Å²) in [4.78, 5) is 0. The van der Waals surface area contributed by atoms with Crippen LogP contribution >= 0.6 is 23.2 Å². The maximum absolute atomic E-state index is 6.10. The van der Waals surface area contributed by atoms with E-state index in [-0.39, 0.29) is 23.0 Å². The van der Waals surface area contributed by atoms with Crippen LogP contribution in [0, 0.1) is 0 Å². The Morgan fingerprint density at radius 1 is 0.818 bits per heavy atom. The van der Waals surface area contributed by atoms with Crippen molar-refractivity contribution in [2.45, 2.75) is 48.6 Å². The third-order valence-electron chi connectivity index (χ3n) is 2.61. The molecule has 0 aromatic carbocycles. The normalized spacial score (nSPS) is 50.7. The topological polar surface area (TPSA) is 9.23 Å². The first-order valence-electron chi connectivity index (χ1n) is 4.21. The summed E-state index contributed by atoms with van der Waals surface area (Å²) in [5.41, 5.74) is 0. The molecule has 0 saturated carbocycles. The van der Waals surface area contributed by atoms with Gasteiger partial charge in [0.2, 0.25) is 0 Å². The van der Waals surface area contributed by atoms with Crippen LogP contribution in [0.5, 0.6) is 0 Å². The number of rotatable bonds is 0. The molecule has 0 aromatic heterocycles. The van der Waals surface area contributed by atoms with Crippen molar-refractivity contribution in [3.63, 3.8) is 0 Å². The van der Waals surface area contributed by atoms with E-state index in [0.717, 1.165) is 25.7 Å². The zero-order valence-electron chi connectivity index (χ0n) is 6.30. The monoisotopic (exact) mass is 194 g/mol. The minimum absolute atomic E-state index is 0.198. The van der Waals surface area contributed by atoms with Gasteiger partial charge in [-0.3, -0.25) is 0 Å². The summed E-state index contributed by atoms with van der Waals surface area (Å²) in [6.07, 6.45) is 4.79. The van der Waals surface area contributed by atoms with Crippen molar-refractivity contribution in [1.82, 2.24) is 0 Å². The van der Waals surface area contributed by atoms with Crippen LogP contribution < -0.4 is 0 Å². The molecular formula is C8H12Cl2O. The number of ether oxygens (including phenoxy) is 1. The molecule has 0 unspecified atom stereocenters. The SMILES string of the molecule is Cl[C@H]1CC[C@H](Cl)[C@H]2CC[C@H]1O2. The van der Waals surface area contributed by atoms with E-state index in [4.69, 9.17) is 27.9 Å². The van der Waals surface area contributed by atoms with Crippen LogP contribution in [-0.2, 0) is 4.74 Å². The van der Waals surface area contributed by atoms with E-state index in [1.54, 1.807) is 0 Å². The minimum atomic E-state index is 0.198. The molecule has 0 radical (unpaired) electrons. The Kier molecular flexibility index (Phi) is 2.31. The Labute approximate surface area is 77.0 Å². The van der Waals surface area contributed by atoms with Gasteiger partial charge in [0.1, 0.15) is 0 Å². The average Bonchev–Trinajstić information content (AvgIpc) is 2.42. The van der Waals surface area contributed by atoms with Gasteiger partial charge in [0, 0.05) is 0 Å². The minimum Gasteiger partial charge on any atom is -0.372 e. The quantitative estimate of drug-likeness (QED) is 0.539. The lowest BCUT2D eigenvalue weighted by atomic mass is 10.0. The predicted molar refractivity (Wildman–Crippen MR) is 46.4 cm³/mol. The van der Waals surface area contributed by atoms with Crippen molar-refractivity contribution in [1.29, 1.82) is 0 Å². The van der Waals surface area contributed by atoms with E-state index in [9.17, 15) is 0 Å². The van der Waals surface area contributed by atoms with Crippen molar-refractivity contribution in [2.24, 2.45) is 0 Å². The highest BCUT2D eigenvalue weighted by atomic mass is 35.5. The molecule has 0 N–H and O–H groups in total. The second-order valence-corrected chi connectivity index (χ2v) is 4.52. The molecule has 2 fully saturated rings. The molecule has 2 heterocycles. The van der Waals surface area contributed by atoms with E-state index in [2.05, 4.69) is 0 Å². The number of halogens is 2. The molecule has 2 aliphatic rings. The molecule has 3 heteroatoms. The van der Waals surface area contributed by atoms with Crippen molar-refractivity contribution >= 4 is 23.2 Å². The standard InChI is InChI=1S/C8H12Cl2O/c9-5-1-2-6(10)8-4-3-7(5)11-8/h5-8H,1-4H2/t5-,6-,7+,8+/m0/s1. The maximum atomic E-state index is 6.10. The van der Waals surface area contributed by atoms with Gasteiger partial charge in [0.15, 0.2) is 0 Å². The first-order chi connectivity index (χ1) is 5.27. The first kappa shape index (κ1) is 8.15. The van der Waals surface area contributed by atoms with E-state index in [0.29, 0.717) is 0 Å². The van der Waals surface area contributed by atoms with Crippen molar-refractivity contribution < 1.29 is 4.74 Å². The largest absolute Gasteiger partial charge is 0.372 e. The molecule has 2 saturated heterocycles. The Bertz CT molecular complexity index is 135. The molecular weight excluding hydrogens is 183 g/mol. The van der Waals surface area contributed by atoms with Crippen molar-refractivity contribution in [3.05, 3.63) is 0 Å². The highest BCUT2D eigenvalue weighted by Gasteiger charge is 2.37. The van der Waals surface area contributed by atoms with E-state index >= 15 is 0 Å². The summed E-state index contributed by atoms with van der Waals surface area (Å²) < 4.78 is 5.68. The molecule has 11 heavy (non-hydrogen) atoms. The second kappa shape index (κ2) is 3.12. The van der Waals surface area contributed by atoms with E-state index in [1.165, 1.54) is 0 Å². The lowest BCUT2D eigenvalue weighted by molar-refractivity contribution is 0.0535. The Morgan fingerprint density at radius 2 is 1.27 bits per heavy atom. The summed E-state index contributed by atoms with van der Waals surface area (Å²) in [6, 6.07) is 0. The van der Waals surface area contributed by atoms with Crippen molar-refractivity contribution in [2.75, 3.05) is 0 Å². The van der Waals surface area contributed by atoms with Gasteiger partial charge < -0.3 is 4.74 Å². The fourth-order valence-electron chi connectivity index (χ4n) is 1.91. The van der Waals surface area contributed by atoms with Crippen molar-refractivity contribution in [3.8, 4) is 0 Å². The highest BCUT2D eigenvalue weighted by molar-refractivity contribution is 6.22. The van der Waals surface area contributed by atoms with Gasteiger partial charge in [-0.2, -0.15) is 0 Å². The zero-order chi connectivity index (χ0) is 7.84. The Balaban J connectivity index is 2.07. The Morgan fingerprint density at radius 3 is 1.73 bits per heavy atom. The van der Waals surface area contributed by atoms with Crippen LogP contribution in [-0.4, -0.2) is 23.0 Å². The van der Waals surface area contributed by atoms with Crippen LogP contribution in [0.25, 0.3) is 0 Å². The molecule has 0 amide bonds. The fourth-order valence-corrected chi connectivity index (χ4v) is 2.53. The van der Waals surface area contributed by atoms with Gasteiger partial charge in [0.25, 0.3) is 0 Å². The first-order valence-corrected chi connectivity index (χ1v) is 5.08. The molecule has 1 nitrogen and oxygen atoms in total. The fraction of sp³-hybridized carbons (Fsp3) is 1.00.